The second-order valence-electron chi connectivity index (χ2n) is 7.12. The van der Waals surface area contributed by atoms with Crippen LogP contribution in [0.2, 0.25) is 0 Å². The summed E-state index contributed by atoms with van der Waals surface area (Å²) < 4.78 is 7.75. The molecule has 9 heteroatoms. The minimum absolute atomic E-state index is 0.110. The highest BCUT2D eigenvalue weighted by atomic mass is 32.1. The Hall–Kier alpha value is -3.22. The van der Waals surface area contributed by atoms with Crippen molar-refractivity contribution in [3.8, 4) is 11.8 Å². The number of hydrogen-bond acceptors (Lipinski definition) is 7. The third kappa shape index (κ3) is 2.66. The van der Waals surface area contributed by atoms with Crippen LogP contribution in [0.4, 0.5) is 5.69 Å². The predicted molar refractivity (Wildman–Crippen MR) is 103 cm³/mol. The van der Waals surface area contributed by atoms with E-state index in [9.17, 15) is 25.3 Å². The molecule has 8 nitrogen and oxygen atoms in total. The number of rotatable bonds is 2. The number of nitro benzene ring substituents is 1. The Morgan fingerprint density at radius 3 is 2.75 bits per heavy atom. The Kier molecular flexibility index (Phi) is 3.99. The lowest BCUT2D eigenvalue weighted by atomic mass is 9.86. The summed E-state index contributed by atoms with van der Waals surface area (Å²) in [6, 6.07) is 10.2. The average molecular weight is 397 g/mol. The zero-order valence-electron chi connectivity index (χ0n) is 14.9. The highest BCUT2D eigenvalue weighted by Crippen LogP contribution is 2.43. The fourth-order valence-corrected chi connectivity index (χ4v) is 4.58. The molecule has 2 atom stereocenters. The molecule has 1 aliphatic rings. The number of nitrogens with zero attached hydrogens (tertiary/aromatic N) is 3. The van der Waals surface area contributed by atoms with Crippen molar-refractivity contribution >= 4 is 27.3 Å². The second kappa shape index (κ2) is 6.15. The number of hydrogen-bond donors (Lipinski definition) is 1. The summed E-state index contributed by atoms with van der Waals surface area (Å²) in [5.41, 5.74) is -0.545. The second-order valence-corrected chi connectivity index (χ2v) is 8.14. The van der Waals surface area contributed by atoms with E-state index in [2.05, 4.69) is 0 Å². The Morgan fingerprint density at radius 2 is 2.07 bits per heavy atom. The van der Waals surface area contributed by atoms with Crippen LogP contribution in [0.3, 0.4) is 0 Å². The number of benzene rings is 2. The molecular formula is C19H15N3O5S. The summed E-state index contributed by atoms with van der Waals surface area (Å²) in [4.78, 5) is 23.5. The van der Waals surface area contributed by atoms with Crippen LogP contribution in [0.5, 0.6) is 5.75 Å². The molecule has 142 valence electrons. The summed E-state index contributed by atoms with van der Waals surface area (Å²) in [6.45, 7) is 3.43. The summed E-state index contributed by atoms with van der Waals surface area (Å²) >= 11 is 1.04. The van der Waals surface area contributed by atoms with Gasteiger partial charge < -0.3 is 9.84 Å². The average Bonchev–Trinajstić information content (AvgIpc) is 2.98. The molecule has 0 spiro atoms. The van der Waals surface area contributed by atoms with Gasteiger partial charge in [-0.05, 0) is 38.1 Å². The van der Waals surface area contributed by atoms with Crippen LogP contribution in [0.1, 0.15) is 31.0 Å². The number of nitriles is 1. The van der Waals surface area contributed by atoms with Crippen LogP contribution < -0.4 is 10.3 Å². The van der Waals surface area contributed by atoms with Crippen molar-refractivity contribution in [3.05, 3.63) is 68.0 Å². The normalized spacial score (nSPS) is 20.2. The summed E-state index contributed by atoms with van der Waals surface area (Å²) in [5, 5.41) is 31.6. The van der Waals surface area contributed by atoms with E-state index >= 15 is 0 Å². The highest BCUT2D eigenvalue weighted by Gasteiger charge is 2.45. The van der Waals surface area contributed by atoms with Crippen LogP contribution in [-0.4, -0.2) is 25.7 Å². The molecule has 3 aromatic rings. The maximum Gasteiger partial charge on any atom is 0.270 e. The smallest absolute Gasteiger partial charge is 0.270 e. The van der Waals surface area contributed by atoms with Crippen molar-refractivity contribution < 1.29 is 14.8 Å². The van der Waals surface area contributed by atoms with E-state index in [1.165, 1.54) is 22.2 Å². The Balaban J connectivity index is 1.97. The van der Waals surface area contributed by atoms with Crippen LogP contribution in [0, 0.1) is 21.4 Å². The van der Waals surface area contributed by atoms with Crippen molar-refractivity contribution in [3.63, 3.8) is 0 Å². The molecule has 0 bridgehead atoms. The van der Waals surface area contributed by atoms with Crippen LogP contribution >= 0.6 is 11.5 Å². The van der Waals surface area contributed by atoms with Gasteiger partial charge in [0.25, 0.3) is 11.2 Å². The van der Waals surface area contributed by atoms with Crippen molar-refractivity contribution in [1.29, 1.82) is 5.26 Å². The summed E-state index contributed by atoms with van der Waals surface area (Å²) in [6.07, 6.45) is -1.07. The van der Waals surface area contributed by atoms with E-state index in [-0.39, 0.29) is 11.2 Å². The number of ether oxygens (including phenoxy) is 1. The predicted octanol–water partition coefficient (Wildman–Crippen LogP) is 2.96. The third-order valence-corrected chi connectivity index (χ3v) is 6.02. The molecule has 0 fully saturated rings. The molecule has 0 aliphatic carbocycles. The first-order chi connectivity index (χ1) is 13.2. The van der Waals surface area contributed by atoms with Crippen LogP contribution in [-0.2, 0) is 0 Å². The molecule has 1 aromatic heterocycles. The van der Waals surface area contributed by atoms with E-state index in [0.717, 1.165) is 11.5 Å². The van der Waals surface area contributed by atoms with E-state index in [4.69, 9.17) is 4.74 Å². The van der Waals surface area contributed by atoms with Gasteiger partial charge in [0.1, 0.15) is 23.5 Å². The van der Waals surface area contributed by atoms with E-state index < -0.39 is 22.7 Å². The van der Waals surface area contributed by atoms with Gasteiger partial charge in [-0.25, -0.2) is 0 Å². The molecule has 1 aliphatic heterocycles. The third-order valence-electron chi connectivity index (χ3n) is 4.90. The van der Waals surface area contributed by atoms with Crippen molar-refractivity contribution in [1.82, 2.24) is 3.96 Å². The van der Waals surface area contributed by atoms with Crippen LogP contribution in [0.25, 0.3) is 10.1 Å². The number of non-ortho nitro benzene ring substituents is 1. The number of aliphatic hydroxyl groups is 1. The minimum Gasteiger partial charge on any atom is -0.485 e. The summed E-state index contributed by atoms with van der Waals surface area (Å²) in [5.74, 6) is 0.481. The molecule has 0 saturated carbocycles. The van der Waals surface area contributed by atoms with Gasteiger partial charge in [-0.2, -0.15) is 5.26 Å². The lowest BCUT2D eigenvalue weighted by molar-refractivity contribution is -0.384. The molecule has 0 saturated heterocycles. The fourth-order valence-electron chi connectivity index (χ4n) is 3.42. The number of fused-ring (bicyclic) bond motifs is 2. The van der Waals surface area contributed by atoms with Crippen LogP contribution in [0.15, 0.2) is 41.2 Å². The molecule has 4 rings (SSSR count). The maximum atomic E-state index is 13.0. The molecule has 28 heavy (non-hydrogen) atoms. The van der Waals surface area contributed by atoms with Gasteiger partial charge in [0.05, 0.1) is 26.6 Å². The number of aromatic nitrogens is 1. The monoisotopic (exact) mass is 397 g/mol. The maximum absolute atomic E-state index is 13.0. The standard InChI is InChI=1S/C19H15N3O5S/c1-19(2)17(23)16(13-7-10(9-20)3-6-14(13)27-19)21-18(24)12-5-4-11(22(25)26)8-15(12)28-21/h3-8,16-17,23H,1-2H3/t16-,17+/m1/s1. The number of aliphatic hydroxyl groups excluding tert-OH is 1. The lowest BCUT2D eigenvalue weighted by Crippen LogP contribution is -2.51. The largest absolute Gasteiger partial charge is 0.485 e. The minimum atomic E-state index is -1.07. The first kappa shape index (κ1) is 18.2. The first-order valence-electron chi connectivity index (χ1n) is 8.44. The molecular weight excluding hydrogens is 382 g/mol. The van der Waals surface area contributed by atoms with Crippen molar-refractivity contribution in [2.45, 2.75) is 31.6 Å². The zero-order chi connectivity index (χ0) is 20.2. The fraction of sp³-hybridized carbons (Fsp3) is 0.263. The van der Waals surface area contributed by atoms with Gasteiger partial charge in [-0.3, -0.25) is 18.9 Å². The zero-order valence-corrected chi connectivity index (χ0v) is 15.8. The van der Waals surface area contributed by atoms with Crippen molar-refractivity contribution in [2.75, 3.05) is 0 Å². The van der Waals surface area contributed by atoms with E-state index in [0.29, 0.717) is 27.0 Å². The van der Waals surface area contributed by atoms with Gasteiger partial charge in [0.2, 0.25) is 0 Å². The quantitative estimate of drug-likeness (QED) is 0.525. The summed E-state index contributed by atoms with van der Waals surface area (Å²) in [7, 11) is 0. The van der Waals surface area contributed by atoms with E-state index in [1.807, 2.05) is 6.07 Å². The highest BCUT2D eigenvalue weighted by molar-refractivity contribution is 7.14. The molecule has 1 N–H and O–H groups in total. The van der Waals surface area contributed by atoms with Gasteiger partial charge >= 0.3 is 0 Å². The molecule has 2 heterocycles. The van der Waals surface area contributed by atoms with E-state index in [1.54, 1.807) is 32.0 Å². The first-order valence-corrected chi connectivity index (χ1v) is 9.21. The Morgan fingerprint density at radius 1 is 1.32 bits per heavy atom. The van der Waals surface area contributed by atoms with Gasteiger partial charge in [0, 0.05) is 17.7 Å². The Bertz CT molecular complexity index is 1220. The number of nitro groups is 1. The molecule has 0 radical (unpaired) electrons. The van der Waals surface area contributed by atoms with Gasteiger partial charge in [-0.15, -0.1) is 0 Å². The lowest BCUT2D eigenvalue weighted by Gasteiger charge is -2.42. The molecule has 2 aromatic carbocycles. The Labute approximate surface area is 163 Å². The SMILES string of the molecule is CC1(C)Oc2ccc(C#N)cc2[C@@H](n2sc3cc([N+](=O)[O-])ccc3c2=O)[C@@H]1O. The topological polar surface area (TPSA) is 118 Å². The van der Waals surface area contributed by atoms with Crippen molar-refractivity contribution in [2.24, 2.45) is 0 Å². The molecule has 0 unspecified atom stereocenters. The molecule has 0 amide bonds. The van der Waals surface area contributed by atoms with Gasteiger partial charge in [0.15, 0.2) is 0 Å². The van der Waals surface area contributed by atoms with Gasteiger partial charge in [-0.1, -0.05) is 11.5 Å².